The number of benzene rings is 2. The molecule has 0 bridgehead atoms. The molecule has 2 heterocycles. The lowest BCUT2D eigenvalue weighted by Crippen LogP contribution is -2.17. The average molecular weight is 475 g/mol. The number of aryl methyl sites for hydroxylation is 2. The summed E-state index contributed by atoms with van der Waals surface area (Å²) in [5.74, 6) is -0.405. The Morgan fingerprint density at radius 2 is 1.26 bits per heavy atom. The van der Waals surface area contributed by atoms with Gasteiger partial charge in [0, 0.05) is 59.3 Å². The normalized spacial score (nSPS) is 12.0. The molecule has 8 nitrogen and oxygen atoms in total. The van der Waals surface area contributed by atoms with Gasteiger partial charge in [-0.3, -0.25) is 9.59 Å². The Bertz CT molecular complexity index is 1550. The lowest BCUT2D eigenvalue weighted by molar-refractivity contribution is -0.118. The third-order valence-electron chi connectivity index (χ3n) is 5.87. The first-order valence-corrected chi connectivity index (χ1v) is 11.4. The maximum Gasteiger partial charge on any atom is 0.336 e. The Hall–Kier alpha value is -4.20. The van der Waals surface area contributed by atoms with Crippen LogP contribution in [0.15, 0.2) is 67.0 Å². The fourth-order valence-electron chi connectivity index (χ4n) is 4.04. The van der Waals surface area contributed by atoms with Gasteiger partial charge >= 0.3 is 11.3 Å². The molecule has 2 aromatic heterocycles. The van der Waals surface area contributed by atoms with Crippen molar-refractivity contribution in [1.29, 1.82) is 0 Å². The van der Waals surface area contributed by atoms with Gasteiger partial charge in [0.2, 0.25) is 11.8 Å². The van der Waals surface area contributed by atoms with Gasteiger partial charge in [0.15, 0.2) is 0 Å². The molecule has 0 radical (unpaired) electrons. The number of carbonyl (C=O) groups excluding carboxylic acids is 2. The smallest absolute Gasteiger partial charge is 0.336 e. The summed E-state index contributed by atoms with van der Waals surface area (Å²) in [5, 5.41) is 7.25. The van der Waals surface area contributed by atoms with Gasteiger partial charge < -0.3 is 19.5 Å². The minimum atomic E-state index is -0.436. The van der Waals surface area contributed by atoms with Crippen molar-refractivity contribution in [3.8, 4) is 0 Å². The molecule has 0 saturated carbocycles. The first kappa shape index (κ1) is 23.9. The molecule has 35 heavy (non-hydrogen) atoms. The van der Waals surface area contributed by atoms with E-state index in [9.17, 15) is 19.2 Å². The van der Waals surface area contributed by atoms with E-state index in [2.05, 4.69) is 10.6 Å². The highest BCUT2D eigenvalue weighted by Crippen LogP contribution is 2.23. The van der Waals surface area contributed by atoms with Crippen molar-refractivity contribution in [3.05, 3.63) is 80.5 Å². The highest BCUT2D eigenvalue weighted by molar-refractivity contribution is 5.95. The summed E-state index contributed by atoms with van der Waals surface area (Å²) in [6, 6.07) is 13.2. The number of fused-ring (bicyclic) bond motifs is 2. The minimum Gasteiger partial charge on any atom is -0.423 e. The predicted octanol–water partition coefficient (Wildman–Crippen LogP) is 4.90. The summed E-state index contributed by atoms with van der Waals surface area (Å²) in [4.78, 5) is 48.1. The van der Waals surface area contributed by atoms with E-state index in [4.69, 9.17) is 8.83 Å². The van der Waals surface area contributed by atoms with Crippen molar-refractivity contribution in [2.75, 3.05) is 10.6 Å². The van der Waals surface area contributed by atoms with Gasteiger partial charge in [0.05, 0.1) is 0 Å². The zero-order chi connectivity index (χ0) is 25.1. The Morgan fingerprint density at radius 1 is 0.771 bits per heavy atom. The van der Waals surface area contributed by atoms with Crippen molar-refractivity contribution in [2.45, 2.75) is 40.0 Å². The maximum atomic E-state index is 12.5. The van der Waals surface area contributed by atoms with E-state index in [1.807, 2.05) is 20.8 Å². The molecule has 1 atom stereocenters. The van der Waals surface area contributed by atoms with Crippen LogP contribution in [0.2, 0.25) is 0 Å². The molecule has 0 aliphatic carbocycles. The van der Waals surface area contributed by atoms with Gasteiger partial charge in [-0.2, -0.15) is 0 Å². The molecule has 2 amide bonds. The number of anilines is 2. The molecule has 4 aromatic rings. The predicted molar refractivity (Wildman–Crippen MR) is 135 cm³/mol. The van der Waals surface area contributed by atoms with Gasteiger partial charge in [-0.25, -0.2) is 9.59 Å². The summed E-state index contributed by atoms with van der Waals surface area (Å²) >= 11 is 0. The van der Waals surface area contributed by atoms with Crippen molar-refractivity contribution in [3.63, 3.8) is 0 Å². The number of carbonyl (C=O) groups is 2. The molecule has 0 aliphatic heterocycles. The van der Waals surface area contributed by atoms with Crippen LogP contribution < -0.4 is 21.9 Å². The Morgan fingerprint density at radius 3 is 1.77 bits per heavy atom. The maximum absolute atomic E-state index is 12.5. The number of amides is 2. The molecule has 0 aliphatic rings. The number of hydrogen-bond donors (Lipinski definition) is 2. The molecular formula is C27H26N2O6. The lowest BCUT2D eigenvalue weighted by atomic mass is 10.0. The second-order valence-corrected chi connectivity index (χ2v) is 8.86. The molecule has 2 N–H and O–H groups in total. The van der Waals surface area contributed by atoms with Crippen molar-refractivity contribution in [2.24, 2.45) is 5.92 Å². The third kappa shape index (κ3) is 5.84. The van der Waals surface area contributed by atoms with E-state index in [1.54, 1.807) is 36.4 Å². The Labute approximate surface area is 200 Å². The molecule has 180 valence electrons. The second kappa shape index (κ2) is 9.97. The first-order chi connectivity index (χ1) is 16.7. The van der Waals surface area contributed by atoms with Crippen molar-refractivity contribution in [1.82, 2.24) is 0 Å². The van der Waals surface area contributed by atoms with Crippen LogP contribution in [0.1, 0.15) is 37.3 Å². The second-order valence-electron chi connectivity index (χ2n) is 8.86. The summed E-state index contributed by atoms with van der Waals surface area (Å²) in [7, 11) is 0. The average Bonchev–Trinajstić information content (AvgIpc) is 2.77. The standard InChI is InChI=1S/C27H26N2O6/c1-15(10-25(31)29-19-6-8-21-17(3)12-27(33)35-23(21)14-19)4-9-24(30)28-18-5-7-20-16(2)11-26(32)34-22(20)13-18/h5-8,11-15H,4,9-10H2,1-3H3,(H,28,30)(H,29,31). The van der Waals surface area contributed by atoms with Gasteiger partial charge in [-0.1, -0.05) is 6.92 Å². The molecule has 1 unspecified atom stereocenters. The third-order valence-corrected chi connectivity index (χ3v) is 5.87. The van der Waals surface area contributed by atoms with Crippen molar-refractivity contribution >= 4 is 45.1 Å². The number of nitrogens with one attached hydrogen (secondary N) is 2. The fraction of sp³-hybridized carbons (Fsp3) is 0.259. The van der Waals surface area contributed by atoms with E-state index in [1.165, 1.54) is 12.1 Å². The summed E-state index contributed by atoms with van der Waals surface area (Å²) in [6.07, 6.45) is 1.00. The van der Waals surface area contributed by atoms with Crippen LogP contribution in [-0.4, -0.2) is 11.8 Å². The molecular weight excluding hydrogens is 448 g/mol. The van der Waals surface area contributed by atoms with E-state index >= 15 is 0 Å². The van der Waals surface area contributed by atoms with Crippen LogP contribution >= 0.6 is 0 Å². The van der Waals surface area contributed by atoms with E-state index in [0.717, 1.165) is 21.9 Å². The first-order valence-electron chi connectivity index (χ1n) is 11.4. The van der Waals surface area contributed by atoms with E-state index in [0.29, 0.717) is 29.0 Å². The molecule has 8 heteroatoms. The molecule has 0 fully saturated rings. The number of hydrogen-bond acceptors (Lipinski definition) is 6. The topological polar surface area (TPSA) is 119 Å². The van der Waals surface area contributed by atoms with Gasteiger partial charge in [-0.05, 0) is 61.6 Å². The highest BCUT2D eigenvalue weighted by Gasteiger charge is 2.13. The molecule has 2 aromatic carbocycles. The highest BCUT2D eigenvalue weighted by atomic mass is 16.4. The monoisotopic (exact) mass is 474 g/mol. The number of rotatable bonds is 7. The minimum absolute atomic E-state index is 0.0290. The largest absolute Gasteiger partial charge is 0.423 e. The lowest BCUT2D eigenvalue weighted by Gasteiger charge is -2.12. The van der Waals surface area contributed by atoms with Crippen LogP contribution in [0.25, 0.3) is 21.9 Å². The summed E-state index contributed by atoms with van der Waals surface area (Å²) in [5.41, 5.74) is 2.66. The van der Waals surface area contributed by atoms with Crippen molar-refractivity contribution < 1.29 is 18.4 Å². The molecule has 0 saturated heterocycles. The van der Waals surface area contributed by atoms with E-state index < -0.39 is 11.3 Å². The fourth-order valence-corrected chi connectivity index (χ4v) is 4.04. The zero-order valence-electron chi connectivity index (χ0n) is 19.8. The van der Waals surface area contributed by atoms with Crippen LogP contribution in [0.5, 0.6) is 0 Å². The van der Waals surface area contributed by atoms with Gasteiger partial charge in [0.1, 0.15) is 11.2 Å². The van der Waals surface area contributed by atoms with Crippen LogP contribution in [0.3, 0.4) is 0 Å². The van der Waals surface area contributed by atoms with E-state index in [-0.39, 0.29) is 30.6 Å². The van der Waals surface area contributed by atoms with Gasteiger partial charge in [0.25, 0.3) is 0 Å². The SMILES string of the molecule is Cc1cc(=O)oc2cc(NC(=O)CCC(C)CC(=O)Nc3ccc4c(C)cc(=O)oc4c3)ccc12. The van der Waals surface area contributed by atoms with Crippen LogP contribution in [0.4, 0.5) is 11.4 Å². The van der Waals surface area contributed by atoms with Crippen LogP contribution in [0, 0.1) is 19.8 Å². The summed E-state index contributed by atoms with van der Waals surface area (Å²) < 4.78 is 10.4. The Balaban J connectivity index is 1.29. The van der Waals surface area contributed by atoms with Crippen LogP contribution in [-0.2, 0) is 9.59 Å². The molecule has 4 rings (SSSR count). The summed E-state index contributed by atoms with van der Waals surface area (Å²) in [6.45, 7) is 5.56. The molecule has 0 spiro atoms. The van der Waals surface area contributed by atoms with Gasteiger partial charge in [-0.15, -0.1) is 0 Å². The quantitative estimate of drug-likeness (QED) is 0.368. The zero-order valence-corrected chi connectivity index (χ0v) is 19.8. The Kier molecular flexibility index (Phi) is 6.82.